The molecule has 0 atom stereocenters. The molecule has 3 heterocycles. The topological polar surface area (TPSA) is 91.3 Å². The lowest BCUT2D eigenvalue weighted by atomic mass is 10.1. The Morgan fingerprint density at radius 1 is 0.828 bits per heavy atom. The second kappa shape index (κ2) is 11.7. The normalized spacial score (nSPS) is 9.76. The van der Waals surface area contributed by atoms with Crippen molar-refractivity contribution in [1.82, 2.24) is 15.0 Å². The fourth-order valence-corrected chi connectivity index (χ4v) is 2.56. The van der Waals surface area contributed by atoms with Gasteiger partial charge in [-0.25, -0.2) is 9.59 Å². The fraction of sp³-hybridized carbons (Fsp3) is 0.190. The van der Waals surface area contributed by atoms with Gasteiger partial charge in [-0.2, -0.15) is 0 Å². The number of carbonyl (C=O) groups excluding carboxylic acids is 2. The Hall–Kier alpha value is -3.13. The monoisotopic (exact) mass is 457 g/mol. The molecule has 0 aromatic carbocycles. The Morgan fingerprint density at radius 2 is 1.41 bits per heavy atom. The van der Waals surface area contributed by atoms with Gasteiger partial charge >= 0.3 is 11.9 Å². The molecule has 0 saturated heterocycles. The maximum absolute atomic E-state index is 11.6. The largest absolute Gasteiger partial charge is 0.462 e. The van der Waals surface area contributed by atoms with E-state index < -0.39 is 0 Å². The van der Waals surface area contributed by atoms with Crippen LogP contribution in [0.3, 0.4) is 0 Å². The van der Waals surface area contributed by atoms with E-state index in [0.29, 0.717) is 24.3 Å². The van der Waals surface area contributed by atoms with Gasteiger partial charge in [-0.05, 0) is 48.0 Å². The predicted octanol–water partition coefficient (Wildman–Crippen LogP) is 4.34. The van der Waals surface area contributed by atoms with Gasteiger partial charge in [0.15, 0.2) is 0 Å². The van der Waals surface area contributed by atoms with Crippen LogP contribution in [0.1, 0.15) is 34.6 Å². The standard InChI is InChI=1S/C13H12N2O2.C8H8BrNO2/c1-2-17-13(16)12-6-11(8-15-9-12)10-4-3-5-14-7-10;1-2-12-8(11)6-3-7(9)5-10-4-6/h3-9H,2H2,1H3;3-5H,2H2,1H3. The molecule has 0 aliphatic heterocycles. The van der Waals surface area contributed by atoms with E-state index in [1.807, 2.05) is 12.1 Å². The van der Waals surface area contributed by atoms with E-state index >= 15 is 0 Å². The third-order valence-corrected chi connectivity index (χ3v) is 3.89. The lowest BCUT2D eigenvalue weighted by molar-refractivity contribution is 0.0516. The maximum atomic E-state index is 11.6. The minimum Gasteiger partial charge on any atom is -0.462 e. The highest BCUT2D eigenvalue weighted by Crippen LogP contribution is 2.18. The molecule has 0 amide bonds. The summed E-state index contributed by atoms with van der Waals surface area (Å²) in [5.74, 6) is -0.697. The SMILES string of the molecule is CCOC(=O)c1cncc(-c2cccnc2)c1.CCOC(=O)c1cncc(Br)c1. The van der Waals surface area contributed by atoms with E-state index in [2.05, 4.69) is 30.9 Å². The number of pyridine rings is 3. The third kappa shape index (κ3) is 7.08. The number of hydrogen-bond acceptors (Lipinski definition) is 7. The van der Waals surface area contributed by atoms with Crippen LogP contribution in [0.5, 0.6) is 0 Å². The van der Waals surface area contributed by atoms with Crippen LogP contribution in [-0.2, 0) is 9.47 Å². The van der Waals surface area contributed by atoms with Crippen LogP contribution in [0.4, 0.5) is 0 Å². The van der Waals surface area contributed by atoms with Gasteiger partial charge in [-0.15, -0.1) is 0 Å². The third-order valence-electron chi connectivity index (χ3n) is 3.46. The summed E-state index contributed by atoms with van der Waals surface area (Å²) in [6.07, 6.45) is 9.71. The highest BCUT2D eigenvalue weighted by Gasteiger charge is 2.08. The molecule has 0 N–H and O–H groups in total. The van der Waals surface area contributed by atoms with Crippen molar-refractivity contribution in [2.45, 2.75) is 13.8 Å². The van der Waals surface area contributed by atoms with Gasteiger partial charge in [-0.1, -0.05) is 6.07 Å². The molecule has 0 saturated carbocycles. The molecule has 0 fully saturated rings. The first-order valence-corrected chi connectivity index (χ1v) is 9.64. The Labute approximate surface area is 177 Å². The summed E-state index contributed by atoms with van der Waals surface area (Å²) in [4.78, 5) is 34.6. The van der Waals surface area contributed by atoms with Gasteiger partial charge in [0.1, 0.15) is 0 Å². The zero-order chi connectivity index (χ0) is 21.1. The molecule has 3 rings (SSSR count). The van der Waals surface area contributed by atoms with Gasteiger partial charge in [-0.3, -0.25) is 15.0 Å². The second-order valence-corrected chi connectivity index (χ2v) is 6.45. The molecule has 7 nitrogen and oxygen atoms in total. The number of esters is 2. The summed E-state index contributed by atoms with van der Waals surface area (Å²) >= 11 is 3.21. The zero-order valence-corrected chi connectivity index (χ0v) is 17.6. The Kier molecular flexibility index (Phi) is 8.91. The lowest BCUT2D eigenvalue weighted by Gasteiger charge is -2.04. The first-order valence-electron chi connectivity index (χ1n) is 8.85. The van der Waals surface area contributed by atoms with E-state index in [9.17, 15) is 9.59 Å². The number of halogens is 1. The van der Waals surface area contributed by atoms with Gasteiger partial charge in [0, 0.05) is 52.8 Å². The molecule has 0 unspecified atom stereocenters. The number of nitrogens with zero attached hydrogens (tertiary/aromatic N) is 3. The van der Waals surface area contributed by atoms with Crippen molar-refractivity contribution in [2.24, 2.45) is 0 Å². The van der Waals surface area contributed by atoms with Crippen molar-refractivity contribution < 1.29 is 19.1 Å². The molecule has 0 aliphatic carbocycles. The summed E-state index contributed by atoms with van der Waals surface area (Å²) < 4.78 is 10.5. The Bertz CT molecular complexity index is 951. The van der Waals surface area contributed by atoms with Crippen molar-refractivity contribution >= 4 is 27.9 Å². The van der Waals surface area contributed by atoms with E-state index in [4.69, 9.17) is 9.47 Å². The molecule has 3 aromatic heterocycles. The van der Waals surface area contributed by atoms with Crippen molar-refractivity contribution in [3.05, 3.63) is 77.0 Å². The van der Waals surface area contributed by atoms with Crippen molar-refractivity contribution in [1.29, 1.82) is 0 Å². The molecule has 0 spiro atoms. The van der Waals surface area contributed by atoms with E-state index in [1.165, 1.54) is 12.4 Å². The molecule has 8 heteroatoms. The van der Waals surface area contributed by atoms with E-state index in [1.54, 1.807) is 50.8 Å². The zero-order valence-electron chi connectivity index (χ0n) is 16.0. The smallest absolute Gasteiger partial charge is 0.339 e. The minimum atomic E-state index is -0.356. The Balaban J connectivity index is 0.000000221. The van der Waals surface area contributed by atoms with Gasteiger partial charge in [0.05, 0.1) is 24.3 Å². The lowest BCUT2D eigenvalue weighted by Crippen LogP contribution is -2.05. The van der Waals surface area contributed by atoms with Crippen LogP contribution in [-0.4, -0.2) is 40.1 Å². The number of hydrogen-bond donors (Lipinski definition) is 0. The van der Waals surface area contributed by atoms with E-state index in [0.717, 1.165) is 15.6 Å². The van der Waals surface area contributed by atoms with Gasteiger partial charge in [0.2, 0.25) is 0 Å². The number of aromatic nitrogens is 3. The minimum absolute atomic E-state index is 0.341. The highest BCUT2D eigenvalue weighted by atomic mass is 79.9. The molecular formula is C21H20BrN3O4. The molecule has 0 radical (unpaired) electrons. The summed E-state index contributed by atoms with van der Waals surface area (Å²) in [6, 6.07) is 7.18. The Morgan fingerprint density at radius 3 is 1.97 bits per heavy atom. The average Bonchev–Trinajstić information content (AvgIpc) is 2.75. The summed E-state index contributed by atoms with van der Waals surface area (Å²) in [6.45, 7) is 4.28. The van der Waals surface area contributed by atoms with Gasteiger partial charge in [0.25, 0.3) is 0 Å². The molecule has 29 heavy (non-hydrogen) atoms. The van der Waals surface area contributed by atoms with Crippen LogP contribution >= 0.6 is 15.9 Å². The molecule has 0 bridgehead atoms. The molecule has 0 aliphatic rings. The van der Waals surface area contributed by atoms with Crippen LogP contribution in [0.25, 0.3) is 11.1 Å². The van der Waals surface area contributed by atoms with Crippen LogP contribution in [0, 0.1) is 0 Å². The first kappa shape index (κ1) is 22.2. The van der Waals surface area contributed by atoms with Crippen LogP contribution < -0.4 is 0 Å². The predicted molar refractivity (Wildman–Crippen MR) is 111 cm³/mol. The maximum Gasteiger partial charge on any atom is 0.339 e. The summed E-state index contributed by atoms with van der Waals surface area (Å²) in [5.41, 5.74) is 2.69. The fourth-order valence-electron chi connectivity index (χ4n) is 2.20. The summed E-state index contributed by atoms with van der Waals surface area (Å²) in [7, 11) is 0. The summed E-state index contributed by atoms with van der Waals surface area (Å²) in [5, 5.41) is 0. The number of ether oxygens (including phenoxy) is 2. The average molecular weight is 458 g/mol. The number of carbonyl (C=O) groups is 2. The number of rotatable bonds is 5. The second-order valence-electron chi connectivity index (χ2n) is 5.54. The molecule has 3 aromatic rings. The van der Waals surface area contributed by atoms with Crippen molar-refractivity contribution in [2.75, 3.05) is 13.2 Å². The molecule has 150 valence electrons. The quantitative estimate of drug-likeness (QED) is 0.526. The first-order chi connectivity index (χ1) is 14.0. The van der Waals surface area contributed by atoms with Crippen LogP contribution in [0.2, 0.25) is 0 Å². The highest BCUT2D eigenvalue weighted by molar-refractivity contribution is 9.10. The van der Waals surface area contributed by atoms with Crippen molar-refractivity contribution in [3.8, 4) is 11.1 Å². The van der Waals surface area contributed by atoms with E-state index in [-0.39, 0.29) is 11.9 Å². The van der Waals surface area contributed by atoms with Crippen molar-refractivity contribution in [3.63, 3.8) is 0 Å². The van der Waals surface area contributed by atoms with Gasteiger partial charge < -0.3 is 9.47 Å². The van der Waals surface area contributed by atoms with Crippen LogP contribution in [0.15, 0.2) is 65.9 Å². The molecular weight excluding hydrogens is 438 g/mol.